The fraction of sp³-hybridized carbons (Fsp3) is 0.211. The van der Waals surface area contributed by atoms with Crippen LogP contribution in [0.1, 0.15) is 22.3 Å². The van der Waals surface area contributed by atoms with E-state index in [4.69, 9.17) is 10.5 Å². The largest absolute Gasteiger partial charge is 0.491 e. The van der Waals surface area contributed by atoms with E-state index in [-0.39, 0.29) is 5.91 Å². The molecule has 0 aliphatic rings. The normalized spacial score (nSPS) is 10.1. The molecular formula is C19H22N2O2. The molecule has 0 aliphatic carbocycles. The van der Waals surface area contributed by atoms with Crippen molar-refractivity contribution < 1.29 is 9.53 Å². The van der Waals surface area contributed by atoms with Gasteiger partial charge in [-0.15, -0.1) is 6.58 Å². The maximum atomic E-state index is 11.8. The second-order valence-electron chi connectivity index (χ2n) is 5.19. The van der Waals surface area contributed by atoms with E-state index in [0.29, 0.717) is 30.2 Å². The molecule has 0 heterocycles. The quantitative estimate of drug-likeness (QED) is 0.447. The number of benzene rings is 2. The first-order chi connectivity index (χ1) is 11.2. The highest BCUT2D eigenvalue weighted by Gasteiger charge is 2.08. The summed E-state index contributed by atoms with van der Waals surface area (Å²) < 4.78 is 5.70. The zero-order valence-electron chi connectivity index (χ0n) is 13.1. The molecule has 2 aromatic rings. The van der Waals surface area contributed by atoms with Gasteiger partial charge in [-0.2, -0.15) is 0 Å². The van der Waals surface area contributed by atoms with Crippen LogP contribution in [-0.4, -0.2) is 19.1 Å². The Balaban J connectivity index is 1.83. The SMILES string of the molecule is C=CCNC(=O)c1ccc(OCCCc2ccccc2)c(N)c1. The fourth-order valence-electron chi connectivity index (χ4n) is 2.19. The zero-order chi connectivity index (χ0) is 16.5. The summed E-state index contributed by atoms with van der Waals surface area (Å²) in [5, 5.41) is 2.71. The molecule has 0 spiro atoms. The lowest BCUT2D eigenvalue weighted by Gasteiger charge is -2.10. The van der Waals surface area contributed by atoms with Crippen molar-refractivity contribution >= 4 is 11.6 Å². The van der Waals surface area contributed by atoms with E-state index in [9.17, 15) is 4.79 Å². The molecule has 0 atom stereocenters. The van der Waals surface area contributed by atoms with E-state index in [0.717, 1.165) is 12.8 Å². The third-order valence-electron chi connectivity index (χ3n) is 3.39. The minimum Gasteiger partial charge on any atom is -0.491 e. The van der Waals surface area contributed by atoms with Crippen LogP contribution in [0, 0.1) is 0 Å². The molecule has 2 rings (SSSR count). The number of carbonyl (C=O) groups excluding carboxylic acids is 1. The van der Waals surface area contributed by atoms with Crippen LogP contribution in [0.5, 0.6) is 5.75 Å². The Morgan fingerprint density at radius 3 is 2.70 bits per heavy atom. The Morgan fingerprint density at radius 2 is 2.00 bits per heavy atom. The molecule has 23 heavy (non-hydrogen) atoms. The van der Waals surface area contributed by atoms with Crippen LogP contribution in [-0.2, 0) is 6.42 Å². The fourth-order valence-corrected chi connectivity index (χ4v) is 2.19. The van der Waals surface area contributed by atoms with Crippen molar-refractivity contribution in [3.8, 4) is 5.75 Å². The van der Waals surface area contributed by atoms with Crippen LogP contribution in [0.2, 0.25) is 0 Å². The van der Waals surface area contributed by atoms with Gasteiger partial charge in [0.1, 0.15) is 5.75 Å². The van der Waals surface area contributed by atoms with Gasteiger partial charge in [-0.05, 0) is 36.6 Å². The van der Waals surface area contributed by atoms with Crippen molar-refractivity contribution in [2.75, 3.05) is 18.9 Å². The zero-order valence-corrected chi connectivity index (χ0v) is 13.1. The molecule has 0 saturated carbocycles. The first-order valence-corrected chi connectivity index (χ1v) is 7.66. The van der Waals surface area contributed by atoms with E-state index in [1.165, 1.54) is 5.56 Å². The van der Waals surface area contributed by atoms with Gasteiger partial charge in [0.05, 0.1) is 12.3 Å². The van der Waals surface area contributed by atoms with Gasteiger partial charge in [0.15, 0.2) is 0 Å². The summed E-state index contributed by atoms with van der Waals surface area (Å²) in [7, 11) is 0. The van der Waals surface area contributed by atoms with Crippen molar-refractivity contribution in [1.82, 2.24) is 5.32 Å². The van der Waals surface area contributed by atoms with Crippen molar-refractivity contribution in [1.29, 1.82) is 0 Å². The summed E-state index contributed by atoms with van der Waals surface area (Å²) in [6.07, 6.45) is 3.50. The molecule has 120 valence electrons. The number of ether oxygens (including phenoxy) is 1. The van der Waals surface area contributed by atoms with Gasteiger partial charge in [0, 0.05) is 12.1 Å². The number of hydrogen-bond donors (Lipinski definition) is 2. The molecule has 0 radical (unpaired) electrons. The molecule has 4 heteroatoms. The monoisotopic (exact) mass is 310 g/mol. The third-order valence-corrected chi connectivity index (χ3v) is 3.39. The van der Waals surface area contributed by atoms with Crippen LogP contribution < -0.4 is 15.8 Å². The summed E-state index contributed by atoms with van der Waals surface area (Å²) in [6.45, 7) is 4.57. The molecule has 1 amide bonds. The van der Waals surface area contributed by atoms with Crippen LogP contribution in [0.15, 0.2) is 61.2 Å². The number of hydrogen-bond acceptors (Lipinski definition) is 3. The Labute approximate surface area is 137 Å². The molecule has 2 aromatic carbocycles. The molecule has 0 unspecified atom stereocenters. The topological polar surface area (TPSA) is 64.3 Å². The van der Waals surface area contributed by atoms with E-state index >= 15 is 0 Å². The van der Waals surface area contributed by atoms with Crippen molar-refractivity contribution in [2.45, 2.75) is 12.8 Å². The lowest BCUT2D eigenvalue weighted by atomic mass is 10.1. The maximum absolute atomic E-state index is 11.8. The Bertz CT molecular complexity index is 654. The highest BCUT2D eigenvalue weighted by Crippen LogP contribution is 2.22. The predicted molar refractivity (Wildman–Crippen MR) is 93.6 cm³/mol. The average molecular weight is 310 g/mol. The molecule has 4 nitrogen and oxygen atoms in total. The molecule has 0 bridgehead atoms. The Kier molecular flexibility index (Phi) is 6.24. The number of aryl methyl sites for hydroxylation is 1. The second-order valence-corrected chi connectivity index (χ2v) is 5.19. The number of rotatable bonds is 8. The lowest BCUT2D eigenvalue weighted by Crippen LogP contribution is -2.23. The van der Waals surface area contributed by atoms with Gasteiger partial charge in [-0.25, -0.2) is 0 Å². The minimum atomic E-state index is -0.174. The Morgan fingerprint density at radius 1 is 1.22 bits per heavy atom. The number of nitrogens with one attached hydrogen (secondary N) is 1. The number of nitrogen functional groups attached to an aromatic ring is 1. The van der Waals surface area contributed by atoms with E-state index in [1.54, 1.807) is 24.3 Å². The van der Waals surface area contributed by atoms with Gasteiger partial charge in [0.25, 0.3) is 5.91 Å². The minimum absolute atomic E-state index is 0.174. The highest BCUT2D eigenvalue weighted by atomic mass is 16.5. The molecule has 0 saturated heterocycles. The van der Waals surface area contributed by atoms with Crippen LogP contribution in [0.4, 0.5) is 5.69 Å². The number of amides is 1. The predicted octanol–water partition coefficient (Wildman–Crippen LogP) is 3.20. The van der Waals surface area contributed by atoms with Crippen molar-refractivity contribution in [3.05, 3.63) is 72.3 Å². The maximum Gasteiger partial charge on any atom is 0.251 e. The van der Waals surface area contributed by atoms with Gasteiger partial charge in [-0.1, -0.05) is 36.4 Å². The molecule has 3 N–H and O–H groups in total. The smallest absolute Gasteiger partial charge is 0.251 e. The number of anilines is 1. The second kappa shape index (κ2) is 8.63. The van der Waals surface area contributed by atoms with Gasteiger partial charge < -0.3 is 15.8 Å². The average Bonchev–Trinajstić information content (AvgIpc) is 2.58. The standard InChI is InChI=1S/C19H22N2O2/c1-2-12-21-19(22)16-10-11-18(17(20)14-16)23-13-6-9-15-7-4-3-5-8-15/h2-5,7-8,10-11,14H,1,6,9,12-13,20H2,(H,21,22). The highest BCUT2D eigenvalue weighted by molar-refractivity contribution is 5.95. The summed E-state index contributed by atoms with van der Waals surface area (Å²) >= 11 is 0. The first kappa shape index (κ1) is 16.6. The molecule has 0 fully saturated rings. The summed E-state index contributed by atoms with van der Waals surface area (Å²) in [5.41, 5.74) is 8.23. The molecular weight excluding hydrogens is 288 g/mol. The van der Waals surface area contributed by atoms with Crippen molar-refractivity contribution in [2.24, 2.45) is 0 Å². The molecule has 0 aliphatic heterocycles. The van der Waals surface area contributed by atoms with E-state index < -0.39 is 0 Å². The summed E-state index contributed by atoms with van der Waals surface area (Å²) in [6, 6.07) is 15.4. The van der Waals surface area contributed by atoms with Crippen LogP contribution in [0.3, 0.4) is 0 Å². The van der Waals surface area contributed by atoms with Gasteiger partial charge in [-0.3, -0.25) is 4.79 Å². The molecule has 0 aromatic heterocycles. The summed E-state index contributed by atoms with van der Waals surface area (Å²) in [5.74, 6) is 0.436. The van der Waals surface area contributed by atoms with E-state index in [2.05, 4.69) is 24.0 Å². The lowest BCUT2D eigenvalue weighted by molar-refractivity contribution is 0.0958. The third kappa shape index (κ3) is 5.18. The summed E-state index contributed by atoms with van der Waals surface area (Å²) in [4.78, 5) is 11.8. The van der Waals surface area contributed by atoms with Crippen molar-refractivity contribution in [3.63, 3.8) is 0 Å². The first-order valence-electron chi connectivity index (χ1n) is 7.66. The Hall–Kier alpha value is -2.75. The number of nitrogens with two attached hydrogens (primary N) is 1. The van der Waals surface area contributed by atoms with Gasteiger partial charge >= 0.3 is 0 Å². The number of carbonyl (C=O) groups is 1. The van der Waals surface area contributed by atoms with Gasteiger partial charge in [0.2, 0.25) is 0 Å². The van der Waals surface area contributed by atoms with Crippen LogP contribution >= 0.6 is 0 Å². The van der Waals surface area contributed by atoms with E-state index in [1.807, 2.05) is 18.2 Å². The van der Waals surface area contributed by atoms with Crippen LogP contribution in [0.25, 0.3) is 0 Å².